The average Bonchev–Trinajstić information content (AvgIpc) is 2.48. The van der Waals surface area contributed by atoms with Crippen molar-refractivity contribution in [3.63, 3.8) is 0 Å². The molecule has 0 aliphatic rings. The van der Waals surface area contributed by atoms with Gasteiger partial charge in [0.1, 0.15) is 0 Å². The molecule has 3 rings (SSSR count). The number of hydrogen-bond acceptors (Lipinski definition) is 3. The maximum Gasteiger partial charge on any atom is 0.0731 e. The van der Waals surface area contributed by atoms with Gasteiger partial charge < -0.3 is 9.90 Å². The number of carbonyl (C=O) groups is 1. The first-order valence-corrected chi connectivity index (χ1v) is 7.77. The fourth-order valence-electron chi connectivity index (χ4n) is 2.20. The zero-order valence-corrected chi connectivity index (χ0v) is 14.0. The monoisotopic (exact) mass is 394 g/mol. The zero-order chi connectivity index (χ0) is 15.9. The maximum atomic E-state index is 11.4. The van der Waals surface area contributed by atoms with Crippen molar-refractivity contribution in [2.24, 2.45) is 0 Å². The second-order valence-electron chi connectivity index (χ2n) is 4.63. The molecular weight excluding hydrogens is 389 g/mol. The van der Waals surface area contributed by atoms with Gasteiger partial charge in [-0.15, -0.1) is 0 Å². The van der Waals surface area contributed by atoms with Crippen molar-refractivity contribution in [1.29, 1.82) is 0 Å². The van der Waals surface area contributed by atoms with Crippen LogP contribution in [0.5, 0.6) is 0 Å². The molecule has 1 aromatic heterocycles. The van der Waals surface area contributed by atoms with Gasteiger partial charge in [0.05, 0.1) is 22.2 Å². The number of fused-ring (bicyclic) bond motifs is 1. The van der Waals surface area contributed by atoms with E-state index in [9.17, 15) is 9.90 Å². The van der Waals surface area contributed by atoms with Crippen molar-refractivity contribution >= 4 is 56.0 Å². The minimum atomic E-state index is -1.27. The van der Waals surface area contributed by atoms with Crippen LogP contribution in [-0.4, -0.2) is 11.0 Å². The number of hydrogen-bond donors (Lipinski definition) is 0. The van der Waals surface area contributed by atoms with Gasteiger partial charge >= 0.3 is 0 Å². The number of rotatable bonds is 2. The SMILES string of the molecule is O=C([O-])c1cc(-c2cc(Cl)ccc2Cl)nc2ccc(Br)cc12. The van der Waals surface area contributed by atoms with E-state index in [1.54, 1.807) is 36.4 Å². The highest BCUT2D eigenvalue weighted by molar-refractivity contribution is 9.10. The van der Waals surface area contributed by atoms with Gasteiger partial charge in [0.15, 0.2) is 0 Å². The zero-order valence-electron chi connectivity index (χ0n) is 10.9. The Balaban J connectivity index is 2.34. The number of carboxylic acid groups (broad SMARTS) is 1. The minimum absolute atomic E-state index is 0.0531. The summed E-state index contributed by atoms with van der Waals surface area (Å²) in [6.07, 6.45) is 0. The largest absolute Gasteiger partial charge is 0.545 e. The smallest absolute Gasteiger partial charge is 0.0731 e. The molecule has 0 aliphatic heterocycles. The molecule has 0 saturated heterocycles. The molecule has 0 saturated carbocycles. The molecule has 110 valence electrons. The van der Waals surface area contributed by atoms with Crippen LogP contribution in [-0.2, 0) is 0 Å². The second kappa shape index (κ2) is 5.88. The van der Waals surface area contributed by atoms with E-state index in [0.29, 0.717) is 32.2 Å². The van der Waals surface area contributed by atoms with Crippen molar-refractivity contribution in [1.82, 2.24) is 4.98 Å². The van der Waals surface area contributed by atoms with E-state index in [-0.39, 0.29) is 5.56 Å². The Morgan fingerprint density at radius 2 is 1.86 bits per heavy atom. The molecular formula is C16H7BrCl2NO2-. The lowest BCUT2D eigenvalue weighted by Gasteiger charge is -2.12. The molecule has 3 aromatic rings. The maximum absolute atomic E-state index is 11.4. The van der Waals surface area contributed by atoms with Gasteiger partial charge in [0.25, 0.3) is 0 Å². The predicted octanol–water partition coefficient (Wildman–Crippen LogP) is 4.33. The molecule has 1 heterocycles. The van der Waals surface area contributed by atoms with Crippen LogP contribution in [0, 0.1) is 0 Å². The predicted molar refractivity (Wildman–Crippen MR) is 89.2 cm³/mol. The molecule has 0 fully saturated rings. The van der Waals surface area contributed by atoms with Crippen LogP contribution < -0.4 is 5.11 Å². The summed E-state index contributed by atoms with van der Waals surface area (Å²) in [7, 11) is 0. The van der Waals surface area contributed by atoms with E-state index >= 15 is 0 Å². The van der Waals surface area contributed by atoms with E-state index in [2.05, 4.69) is 20.9 Å². The van der Waals surface area contributed by atoms with Crippen LogP contribution in [0.3, 0.4) is 0 Å². The summed E-state index contributed by atoms with van der Waals surface area (Å²) in [5.41, 5.74) is 1.59. The highest BCUT2D eigenvalue weighted by Gasteiger charge is 2.12. The van der Waals surface area contributed by atoms with Crippen LogP contribution in [0.15, 0.2) is 46.9 Å². The lowest BCUT2D eigenvalue weighted by molar-refractivity contribution is -0.254. The van der Waals surface area contributed by atoms with Crippen LogP contribution in [0.2, 0.25) is 10.0 Å². The lowest BCUT2D eigenvalue weighted by Crippen LogP contribution is -2.22. The molecule has 6 heteroatoms. The van der Waals surface area contributed by atoms with Gasteiger partial charge in [-0.25, -0.2) is 4.98 Å². The van der Waals surface area contributed by atoms with Crippen molar-refractivity contribution in [3.05, 3.63) is 62.5 Å². The highest BCUT2D eigenvalue weighted by Crippen LogP contribution is 2.32. The molecule has 0 aliphatic carbocycles. The number of halogens is 3. The van der Waals surface area contributed by atoms with Crippen molar-refractivity contribution in [3.8, 4) is 11.3 Å². The van der Waals surface area contributed by atoms with Crippen LogP contribution >= 0.6 is 39.1 Å². The third-order valence-electron chi connectivity index (χ3n) is 3.20. The van der Waals surface area contributed by atoms with Crippen molar-refractivity contribution in [2.75, 3.05) is 0 Å². The average molecular weight is 396 g/mol. The van der Waals surface area contributed by atoms with Gasteiger partial charge in [-0.3, -0.25) is 0 Å². The Morgan fingerprint density at radius 1 is 1.09 bits per heavy atom. The quantitative estimate of drug-likeness (QED) is 0.648. The summed E-state index contributed by atoms with van der Waals surface area (Å²) in [5, 5.41) is 12.9. The van der Waals surface area contributed by atoms with Crippen molar-refractivity contribution < 1.29 is 9.90 Å². The summed E-state index contributed by atoms with van der Waals surface area (Å²) in [6, 6.07) is 11.6. The number of aromatic carboxylic acids is 1. The van der Waals surface area contributed by atoms with Gasteiger partial charge in [-0.05, 0) is 42.5 Å². The molecule has 0 unspecified atom stereocenters. The molecule has 0 bridgehead atoms. The molecule has 0 N–H and O–H groups in total. The number of aromatic nitrogens is 1. The Hall–Kier alpha value is -1.62. The first-order valence-electron chi connectivity index (χ1n) is 6.23. The van der Waals surface area contributed by atoms with E-state index in [1.807, 2.05) is 0 Å². The fraction of sp³-hybridized carbons (Fsp3) is 0. The molecule has 0 amide bonds. The summed E-state index contributed by atoms with van der Waals surface area (Å²) in [5.74, 6) is -1.27. The summed E-state index contributed by atoms with van der Waals surface area (Å²) in [4.78, 5) is 15.9. The molecule has 2 aromatic carbocycles. The van der Waals surface area contributed by atoms with Gasteiger partial charge in [-0.2, -0.15) is 0 Å². The van der Waals surface area contributed by atoms with Crippen LogP contribution in [0.1, 0.15) is 10.4 Å². The highest BCUT2D eigenvalue weighted by atomic mass is 79.9. The third kappa shape index (κ3) is 2.82. The topological polar surface area (TPSA) is 53.0 Å². The van der Waals surface area contributed by atoms with Gasteiger partial charge in [-0.1, -0.05) is 39.1 Å². The summed E-state index contributed by atoms with van der Waals surface area (Å²) < 4.78 is 0.762. The molecule has 0 atom stereocenters. The van der Waals surface area contributed by atoms with Gasteiger partial charge in [0.2, 0.25) is 0 Å². The van der Waals surface area contributed by atoms with Gasteiger partial charge in [0, 0.05) is 26.0 Å². The Labute approximate surface area is 144 Å². The summed E-state index contributed by atoms with van der Waals surface area (Å²) >= 11 is 15.5. The normalized spacial score (nSPS) is 10.9. The first-order chi connectivity index (χ1) is 10.5. The van der Waals surface area contributed by atoms with E-state index in [0.717, 1.165) is 4.47 Å². The lowest BCUT2D eigenvalue weighted by atomic mass is 10.0. The standard InChI is InChI=1S/C16H8BrCl2NO2/c17-8-1-4-14-10(5-8)11(16(21)22)7-15(20-14)12-6-9(18)2-3-13(12)19/h1-7H,(H,21,22)/p-1. The first kappa shape index (κ1) is 15.3. The second-order valence-corrected chi connectivity index (χ2v) is 6.39. The van der Waals surface area contributed by atoms with Crippen molar-refractivity contribution in [2.45, 2.75) is 0 Å². The Bertz CT molecular complexity index is 912. The minimum Gasteiger partial charge on any atom is -0.545 e. The number of carboxylic acids is 1. The number of benzene rings is 2. The van der Waals surface area contributed by atoms with E-state index in [4.69, 9.17) is 23.2 Å². The Kier molecular flexibility index (Phi) is 4.08. The molecule has 3 nitrogen and oxygen atoms in total. The van der Waals surface area contributed by atoms with Crippen LogP contribution in [0.25, 0.3) is 22.2 Å². The molecule has 22 heavy (non-hydrogen) atoms. The molecule has 0 radical (unpaired) electrons. The number of nitrogens with zero attached hydrogens (tertiary/aromatic N) is 1. The van der Waals surface area contributed by atoms with E-state index < -0.39 is 5.97 Å². The number of carbonyl (C=O) groups excluding carboxylic acids is 1. The summed E-state index contributed by atoms with van der Waals surface area (Å²) in [6.45, 7) is 0. The third-order valence-corrected chi connectivity index (χ3v) is 4.25. The Morgan fingerprint density at radius 3 is 2.59 bits per heavy atom. The molecule has 0 spiro atoms. The van der Waals surface area contributed by atoms with E-state index in [1.165, 1.54) is 6.07 Å². The number of pyridine rings is 1. The fourth-order valence-corrected chi connectivity index (χ4v) is 2.95. The van der Waals surface area contributed by atoms with Crippen LogP contribution in [0.4, 0.5) is 0 Å².